The van der Waals surface area contributed by atoms with Gasteiger partial charge >= 0.3 is 0 Å². The molecule has 2 nitrogen and oxygen atoms in total. The Hall–Kier alpha value is -1.06. The first-order chi connectivity index (χ1) is 8.15. The molecule has 0 fully saturated rings. The summed E-state index contributed by atoms with van der Waals surface area (Å²) < 4.78 is 18.8. The molecular weight excluding hydrogens is 241 g/mol. The molecule has 0 heterocycles. The standard InChI is InChI=1S/C13H15ClFNO/c1-8(17-2)12-6-10-5-11(16-14)4-3-9(10)7-13(12)15/h6-7,11,16H,1,3-5H2,2H3. The molecule has 1 unspecified atom stereocenters. The summed E-state index contributed by atoms with van der Waals surface area (Å²) in [6.07, 6.45) is 2.58. The lowest BCUT2D eigenvalue weighted by atomic mass is 9.87. The van der Waals surface area contributed by atoms with Crippen LogP contribution in [0.4, 0.5) is 4.39 Å². The predicted molar refractivity (Wildman–Crippen MR) is 67.2 cm³/mol. The molecule has 0 radical (unpaired) electrons. The first-order valence-corrected chi connectivity index (χ1v) is 5.94. The molecule has 1 aromatic carbocycles. The monoisotopic (exact) mass is 255 g/mol. The molecule has 1 aliphatic carbocycles. The van der Waals surface area contributed by atoms with Gasteiger partial charge in [0.25, 0.3) is 0 Å². The fourth-order valence-corrected chi connectivity index (χ4v) is 2.38. The van der Waals surface area contributed by atoms with E-state index in [0.29, 0.717) is 11.3 Å². The van der Waals surface area contributed by atoms with Crippen molar-refractivity contribution in [3.8, 4) is 0 Å². The predicted octanol–water partition coefficient (Wildman–Crippen LogP) is 3.04. The van der Waals surface area contributed by atoms with Crippen molar-refractivity contribution < 1.29 is 9.13 Å². The van der Waals surface area contributed by atoms with Crippen LogP contribution < -0.4 is 4.84 Å². The van der Waals surface area contributed by atoms with Gasteiger partial charge in [0.15, 0.2) is 0 Å². The van der Waals surface area contributed by atoms with E-state index in [1.54, 1.807) is 6.07 Å². The lowest BCUT2D eigenvalue weighted by Gasteiger charge is -2.24. The third kappa shape index (κ3) is 2.45. The van der Waals surface area contributed by atoms with Crippen molar-refractivity contribution in [3.63, 3.8) is 0 Å². The second kappa shape index (κ2) is 5.07. The lowest BCUT2D eigenvalue weighted by molar-refractivity contribution is 0.368. The van der Waals surface area contributed by atoms with Crippen molar-refractivity contribution in [3.05, 3.63) is 41.2 Å². The lowest BCUT2D eigenvalue weighted by Crippen LogP contribution is -2.28. The molecule has 0 bridgehead atoms. The van der Waals surface area contributed by atoms with Gasteiger partial charge < -0.3 is 4.74 Å². The summed E-state index contributed by atoms with van der Waals surface area (Å²) in [7, 11) is 1.49. The van der Waals surface area contributed by atoms with Crippen LogP contribution in [0.25, 0.3) is 5.76 Å². The third-order valence-electron chi connectivity index (χ3n) is 3.22. The van der Waals surface area contributed by atoms with Crippen LogP contribution in [0.15, 0.2) is 18.7 Å². The number of aryl methyl sites for hydroxylation is 1. The van der Waals surface area contributed by atoms with Crippen LogP contribution in [0.1, 0.15) is 23.1 Å². The van der Waals surface area contributed by atoms with Crippen LogP contribution in [0.2, 0.25) is 0 Å². The van der Waals surface area contributed by atoms with Gasteiger partial charge in [0.05, 0.1) is 12.7 Å². The number of halogens is 2. The van der Waals surface area contributed by atoms with Crippen LogP contribution in [-0.2, 0) is 17.6 Å². The van der Waals surface area contributed by atoms with E-state index in [1.807, 2.05) is 6.07 Å². The smallest absolute Gasteiger partial charge is 0.134 e. The highest BCUT2D eigenvalue weighted by Crippen LogP contribution is 2.27. The molecule has 0 spiro atoms. The fourth-order valence-electron chi connectivity index (χ4n) is 2.20. The molecule has 1 aliphatic rings. The maximum atomic E-state index is 13.8. The van der Waals surface area contributed by atoms with Gasteiger partial charge in [-0.3, -0.25) is 0 Å². The van der Waals surface area contributed by atoms with E-state index < -0.39 is 0 Å². The zero-order chi connectivity index (χ0) is 12.4. The van der Waals surface area contributed by atoms with E-state index in [2.05, 4.69) is 11.4 Å². The minimum atomic E-state index is -0.270. The zero-order valence-electron chi connectivity index (χ0n) is 9.72. The van der Waals surface area contributed by atoms with E-state index in [1.165, 1.54) is 7.11 Å². The molecule has 1 aromatic rings. The molecule has 17 heavy (non-hydrogen) atoms. The maximum absolute atomic E-state index is 13.8. The van der Waals surface area contributed by atoms with E-state index in [-0.39, 0.29) is 11.9 Å². The Balaban J connectivity index is 2.37. The Labute approximate surface area is 106 Å². The number of methoxy groups -OCH3 is 1. The second-order valence-electron chi connectivity index (χ2n) is 4.28. The molecule has 1 N–H and O–H groups in total. The Bertz CT molecular complexity index is 447. The number of fused-ring (bicyclic) bond motifs is 1. The first kappa shape index (κ1) is 12.4. The average molecular weight is 256 g/mol. The third-order valence-corrected chi connectivity index (χ3v) is 3.53. The number of nitrogens with one attached hydrogen (secondary N) is 1. The summed E-state index contributed by atoms with van der Waals surface area (Å²) in [6.45, 7) is 3.69. The van der Waals surface area contributed by atoms with E-state index in [4.69, 9.17) is 16.5 Å². The summed E-state index contributed by atoms with van der Waals surface area (Å²) in [6, 6.07) is 3.65. The molecule has 0 saturated carbocycles. The molecule has 0 amide bonds. The van der Waals surface area contributed by atoms with Gasteiger partial charge in [-0.05, 0) is 54.3 Å². The highest BCUT2D eigenvalue weighted by molar-refractivity contribution is 6.13. The van der Waals surface area contributed by atoms with Crippen LogP contribution >= 0.6 is 11.8 Å². The molecule has 0 aromatic heterocycles. The minimum absolute atomic E-state index is 0.248. The number of hydrogen-bond donors (Lipinski definition) is 1. The summed E-state index contributed by atoms with van der Waals surface area (Å²) in [5.74, 6) is 0.0825. The van der Waals surface area contributed by atoms with Gasteiger partial charge in [0.1, 0.15) is 11.6 Å². The molecule has 1 atom stereocenters. The summed E-state index contributed by atoms with van der Waals surface area (Å²) in [5.41, 5.74) is 2.60. The molecule has 0 saturated heterocycles. The highest BCUT2D eigenvalue weighted by atomic mass is 35.5. The Kier molecular flexibility index (Phi) is 3.69. The van der Waals surface area contributed by atoms with Crippen LogP contribution in [-0.4, -0.2) is 13.2 Å². The van der Waals surface area contributed by atoms with E-state index >= 15 is 0 Å². The van der Waals surface area contributed by atoms with Crippen molar-refractivity contribution in [1.82, 2.24) is 4.84 Å². The van der Waals surface area contributed by atoms with Gasteiger partial charge in [0.2, 0.25) is 0 Å². The molecule has 2 rings (SSSR count). The van der Waals surface area contributed by atoms with Crippen molar-refractivity contribution in [1.29, 1.82) is 0 Å². The Morgan fingerprint density at radius 3 is 2.94 bits per heavy atom. The Morgan fingerprint density at radius 2 is 2.29 bits per heavy atom. The molecule has 92 valence electrons. The quantitative estimate of drug-likeness (QED) is 0.662. The van der Waals surface area contributed by atoms with Crippen molar-refractivity contribution in [2.75, 3.05) is 7.11 Å². The number of rotatable bonds is 3. The minimum Gasteiger partial charge on any atom is -0.497 e. The van der Waals surface area contributed by atoms with E-state index in [0.717, 1.165) is 30.4 Å². The number of ether oxygens (including phenoxy) is 1. The second-order valence-corrected chi connectivity index (χ2v) is 4.50. The largest absolute Gasteiger partial charge is 0.497 e. The zero-order valence-corrected chi connectivity index (χ0v) is 10.5. The van der Waals surface area contributed by atoms with Crippen LogP contribution in [0, 0.1) is 5.82 Å². The first-order valence-electron chi connectivity index (χ1n) is 5.56. The van der Waals surface area contributed by atoms with E-state index in [9.17, 15) is 4.39 Å². The Morgan fingerprint density at radius 1 is 1.53 bits per heavy atom. The van der Waals surface area contributed by atoms with Crippen molar-refractivity contribution in [2.45, 2.75) is 25.3 Å². The van der Waals surface area contributed by atoms with Gasteiger partial charge in [-0.15, -0.1) is 0 Å². The molecule has 4 heteroatoms. The summed E-state index contributed by atoms with van der Waals surface area (Å²) in [4.78, 5) is 2.75. The SMILES string of the molecule is C=C(OC)c1cc2c(cc1F)CCC(NCl)C2. The average Bonchev–Trinajstić information content (AvgIpc) is 2.36. The topological polar surface area (TPSA) is 21.3 Å². The molecular formula is C13H15ClFNO. The maximum Gasteiger partial charge on any atom is 0.134 e. The fraction of sp³-hybridized carbons (Fsp3) is 0.385. The number of benzene rings is 1. The van der Waals surface area contributed by atoms with Gasteiger partial charge in [-0.1, -0.05) is 6.58 Å². The summed E-state index contributed by atoms with van der Waals surface area (Å²) in [5, 5.41) is 0. The van der Waals surface area contributed by atoms with Gasteiger partial charge in [0, 0.05) is 6.04 Å². The summed E-state index contributed by atoms with van der Waals surface area (Å²) >= 11 is 5.64. The molecule has 0 aliphatic heterocycles. The number of hydrogen-bond acceptors (Lipinski definition) is 2. The van der Waals surface area contributed by atoms with Crippen LogP contribution in [0.3, 0.4) is 0 Å². The van der Waals surface area contributed by atoms with Gasteiger partial charge in [-0.2, -0.15) is 0 Å². The van der Waals surface area contributed by atoms with Crippen molar-refractivity contribution in [2.24, 2.45) is 0 Å². The van der Waals surface area contributed by atoms with Crippen LogP contribution in [0.5, 0.6) is 0 Å². The van der Waals surface area contributed by atoms with Crippen molar-refractivity contribution >= 4 is 17.5 Å². The normalized spacial score (nSPS) is 18.6. The van der Waals surface area contributed by atoms with Gasteiger partial charge in [-0.25, -0.2) is 9.23 Å². The highest BCUT2D eigenvalue weighted by Gasteiger charge is 2.20.